The van der Waals surface area contributed by atoms with Gasteiger partial charge in [0.05, 0.1) is 11.0 Å². The summed E-state index contributed by atoms with van der Waals surface area (Å²) in [7, 11) is 0. The lowest BCUT2D eigenvalue weighted by molar-refractivity contribution is 0.199. The molecule has 0 amide bonds. The minimum atomic E-state index is 0.382. The van der Waals surface area contributed by atoms with Gasteiger partial charge in [-0.1, -0.05) is 32.9 Å². The molecule has 0 radical (unpaired) electrons. The van der Waals surface area contributed by atoms with Gasteiger partial charge in [0, 0.05) is 13.1 Å². The van der Waals surface area contributed by atoms with Crippen LogP contribution in [0.1, 0.15) is 33.6 Å². The summed E-state index contributed by atoms with van der Waals surface area (Å²) in [6, 6.07) is 7.90. The van der Waals surface area contributed by atoms with Crippen LogP contribution in [-0.2, 0) is 0 Å². The fourth-order valence-corrected chi connectivity index (χ4v) is 3.19. The number of anilines is 2. The molecule has 0 bridgehead atoms. The SMILES string of the molecule is CC(C)(C)C1CCN(c2nc3ccccc3nc2N)CC1. The van der Waals surface area contributed by atoms with E-state index in [2.05, 4.69) is 30.7 Å². The highest BCUT2D eigenvalue weighted by Gasteiger charge is 2.29. The van der Waals surface area contributed by atoms with Crippen LogP contribution >= 0.6 is 0 Å². The zero-order chi connectivity index (χ0) is 15.0. The van der Waals surface area contributed by atoms with E-state index in [9.17, 15) is 0 Å². The van der Waals surface area contributed by atoms with Crippen molar-refractivity contribution in [1.82, 2.24) is 9.97 Å². The van der Waals surface area contributed by atoms with Gasteiger partial charge in [-0.15, -0.1) is 0 Å². The summed E-state index contributed by atoms with van der Waals surface area (Å²) in [6.45, 7) is 9.02. The van der Waals surface area contributed by atoms with Gasteiger partial charge in [-0.3, -0.25) is 0 Å². The van der Waals surface area contributed by atoms with Gasteiger partial charge >= 0.3 is 0 Å². The maximum Gasteiger partial charge on any atom is 0.172 e. The van der Waals surface area contributed by atoms with Gasteiger partial charge in [0.1, 0.15) is 0 Å². The summed E-state index contributed by atoms with van der Waals surface area (Å²) in [4.78, 5) is 11.5. The van der Waals surface area contributed by atoms with E-state index in [1.165, 1.54) is 12.8 Å². The number of piperidine rings is 1. The van der Waals surface area contributed by atoms with E-state index in [0.29, 0.717) is 11.2 Å². The molecule has 0 spiro atoms. The maximum absolute atomic E-state index is 6.12. The van der Waals surface area contributed by atoms with Crippen molar-refractivity contribution in [3.8, 4) is 0 Å². The molecule has 3 rings (SSSR count). The van der Waals surface area contributed by atoms with Crippen molar-refractivity contribution in [2.45, 2.75) is 33.6 Å². The first-order valence-electron chi connectivity index (χ1n) is 7.72. The van der Waals surface area contributed by atoms with Gasteiger partial charge in [-0.2, -0.15) is 0 Å². The van der Waals surface area contributed by atoms with Crippen molar-refractivity contribution in [2.24, 2.45) is 11.3 Å². The van der Waals surface area contributed by atoms with Gasteiger partial charge in [0.2, 0.25) is 0 Å². The summed E-state index contributed by atoms with van der Waals surface area (Å²) in [5.74, 6) is 2.16. The van der Waals surface area contributed by atoms with E-state index >= 15 is 0 Å². The molecule has 1 aliphatic heterocycles. The van der Waals surface area contributed by atoms with E-state index < -0.39 is 0 Å². The molecular formula is C17H24N4. The fraction of sp³-hybridized carbons (Fsp3) is 0.529. The third-order valence-electron chi connectivity index (χ3n) is 4.60. The zero-order valence-corrected chi connectivity index (χ0v) is 13.1. The van der Waals surface area contributed by atoms with E-state index in [-0.39, 0.29) is 0 Å². The van der Waals surface area contributed by atoms with Crippen LogP contribution in [0.25, 0.3) is 11.0 Å². The molecule has 0 unspecified atom stereocenters. The molecule has 1 aromatic carbocycles. The molecule has 0 atom stereocenters. The molecule has 0 aliphatic carbocycles. The van der Waals surface area contributed by atoms with E-state index in [4.69, 9.17) is 10.7 Å². The van der Waals surface area contributed by atoms with Gasteiger partial charge in [0.15, 0.2) is 11.6 Å². The standard InChI is InChI=1S/C17H24N4/c1-17(2,3)12-8-10-21(11-9-12)16-15(18)19-13-6-4-5-7-14(13)20-16/h4-7,12H,8-11H2,1-3H3,(H2,18,19). The summed E-state index contributed by atoms with van der Waals surface area (Å²) >= 11 is 0. The first-order valence-corrected chi connectivity index (χ1v) is 7.72. The second-order valence-corrected chi connectivity index (χ2v) is 7.05. The number of nitrogens with two attached hydrogens (primary N) is 1. The minimum absolute atomic E-state index is 0.382. The van der Waals surface area contributed by atoms with Crippen LogP contribution in [0.3, 0.4) is 0 Å². The second-order valence-electron chi connectivity index (χ2n) is 7.05. The van der Waals surface area contributed by atoms with Gasteiger partial charge in [-0.25, -0.2) is 9.97 Å². The summed E-state index contributed by atoms with van der Waals surface area (Å²) in [5, 5.41) is 0. The summed E-state index contributed by atoms with van der Waals surface area (Å²) in [6.07, 6.45) is 2.38. The Kier molecular flexibility index (Phi) is 3.47. The Morgan fingerprint density at radius 2 is 1.62 bits per heavy atom. The number of nitrogens with zero attached hydrogens (tertiary/aromatic N) is 3. The highest BCUT2D eigenvalue weighted by molar-refractivity contribution is 5.79. The number of fused-ring (bicyclic) bond motifs is 1. The Bertz CT molecular complexity index is 637. The lowest BCUT2D eigenvalue weighted by Gasteiger charge is -2.39. The van der Waals surface area contributed by atoms with E-state index in [0.717, 1.165) is 35.9 Å². The molecule has 0 saturated carbocycles. The lowest BCUT2D eigenvalue weighted by atomic mass is 9.75. The van der Waals surface area contributed by atoms with Gasteiger partial charge < -0.3 is 10.6 Å². The van der Waals surface area contributed by atoms with Crippen molar-refractivity contribution in [3.05, 3.63) is 24.3 Å². The normalized spacial score (nSPS) is 17.4. The zero-order valence-electron chi connectivity index (χ0n) is 13.1. The van der Waals surface area contributed by atoms with Gasteiger partial charge in [0.25, 0.3) is 0 Å². The number of aromatic nitrogens is 2. The van der Waals surface area contributed by atoms with E-state index in [1.54, 1.807) is 0 Å². The molecule has 4 heteroatoms. The Hall–Kier alpha value is -1.84. The van der Waals surface area contributed by atoms with Crippen LogP contribution in [-0.4, -0.2) is 23.1 Å². The second kappa shape index (κ2) is 5.17. The van der Waals surface area contributed by atoms with Crippen molar-refractivity contribution in [2.75, 3.05) is 23.7 Å². The Labute approximate surface area is 126 Å². The predicted molar refractivity (Wildman–Crippen MR) is 88.3 cm³/mol. The third kappa shape index (κ3) is 2.80. The summed E-state index contributed by atoms with van der Waals surface area (Å²) < 4.78 is 0. The monoisotopic (exact) mass is 284 g/mol. The van der Waals surface area contributed by atoms with Crippen LogP contribution < -0.4 is 10.6 Å². The molecule has 2 N–H and O–H groups in total. The molecule has 2 heterocycles. The Morgan fingerprint density at radius 3 is 2.19 bits per heavy atom. The number of nitrogen functional groups attached to an aromatic ring is 1. The summed E-state index contributed by atoms with van der Waals surface area (Å²) in [5.41, 5.74) is 8.28. The predicted octanol–water partition coefficient (Wildman–Crippen LogP) is 3.47. The van der Waals surface area contributed by atoms with Crippen molar-refractivity contribution in [3.63, 3.8) is 0 Å². The number of benzene rings is 1. The smallest absolute Gasteiger partial charge is 0.172 e. The molecular weight excluding hydrogens is 260 g/mol. The van der Waals surface area contributed by atoms with Crippen molar-refractivity contribution >= 4 is 22.7 Å². The van der Waals surface area contributed by atoms with Gasteiger partial charge in [-0.05, 0) is 36.3 Å². The molecule has 1 saturated heterocycles. The first-order chi connectivity index (χ1) is 9.95. The average Bonchev–Trinajstić information content (AvgIpc) is 2.46. The van der Waals surface area contributed by atoms with Crippen LogP contribution in [0.2, 0.25) is 0 Å². The molecule has 1 aromatic heterocycles. The third-order valence-corrected chi connectivity index (χ3v) is 4.60. The number of para-hydroxylation sites is 2. The number of rotatable bonds is 1. The molecule has 4 nitrogen and oxygen atoms in total. The molecule has 1 aliphatic rings. The molecule has 112 valence electrons. The van der Waals surface area contributed by atoms with E-state index in [1.807, 2.05) is 24.3 Å². The molecule has 2 aromatic rings. The first kappa shape index (κ1) is 14.1. The lowest BCUT2D eigenvalue weighted by Crippen LogP contribution is -2.38. The number of hydrogen-bond donors (Lipinski definition) is 1. The Morgan fingerprint density at radius 1 is 1.05 bits per heavy atom. The van der Waals surface area contributed by atoms with Crippen molar-refractivity contribution < 1.29 is 0 Å². The van der Waals surface area contributed by atoms with Crippen LogP contribution in [0.5, 0.6) is 0 Å². The minimum Gasteiger partial charge on any atom is -0.381 e. The largest absolute Gasteiger partial charge is 0.381 e. The quantitative estimate of drug-likeness (QED) is 0.871. The highest BCUT2D eigenvalue weighted by atomic mass is 15.2. The average molecular weight is 284 g/mol. The van der Waals surface area contributed by atoms with Crippen molar-refractivity contribution in [1.29, 1.82) is 0 Å². The highest BCUT2D eigenvalue weighted by Crippen LogP contribution is 2.36. The molecule has 21 heavy (non-hydrogen) atoms. The maximum atomic E-state index is 6.12. The molecule has 1 fully saturated rings. The number of hydrogen-bond acceptors (Lipinski definition) is 4. The topological polar surface area (TPSA) is 55.0 Å². The van der Waals surface area contributed by atoms with Crippen LogP contribution in [0.15, 0.2) is 24.3 Å². The fourth-order valence-electron chi connectivity index (χ4n) is 3.19. The van der Waals surface area contributed by atoms with Crippen LogP contribution in [0, 0.1) is 11.3 Å². The Balaban J connectivity index is 1.84. The van der Waals surface area contributed by atoms with Crippen LogP contribution in [0.4, 0.5) is 11.6 Å².